The monoisotopic (exact) mass is 300 g/mol. The van der Waals surface area contributed by atoms with E-state index in [-0.39, 0.29) is 17.9 Å². The standard InChI is InChI=1S/C15H13FN4O2/c1-9-3-2-4-12-15(9)19-14(18-12)8-17-11-6-5-10(16)7-13(11)20(21)22/h2-7,17H,8H2,1H3,(H,18,19). The lowest BCUT2D eigenvalue weighted by atomic mass is 10.2. The smallest absolute Gasteiger partial charge is 0.295 e. The Balaban J connectivity index is 1.85. The topological polar surface area (TPSA) is 83.8 Å². The molecule has 0 radical (unpaired) electrons. The minimum absolute atomic E-state index is 0.253. The summed E-state index contributed by atoms with van der Waals surface area (Å²) in [6, 6.07) is 9.23. The molecule has 0 aliphatic rings. The number of nitrogens with one attached hydrogen (secondary N) is 2. The first-order chi connectivity index (χ1) is 10.5. The van der Waals surface area contributed by atoms with E-state index < -0.39 is 10.7 Å². The highest BCUT2D eigenvalue weighted by molar-refractivity contribution is 5.78. The number of nitro groups is 1. The number of anilines is 1. The van der Waals surface area contributed by atoms with Gasteiger partial charge in [-0.3, -0.25) is 10.1 Å². The molecule has 0 aliphatic heterocycles. The van der Waals surface area contributed by atoms with Crippen LogP contribution in [0.4, 0.5) is 15.8 Å². The third-order valence-corrected chi connectivity index (χ3v) is 3.37. The van der Waals surface area contributed by atoms with Gasteiger partial charge in [0.25, 0.3) is 5.69 Å². The van der Waals surface area contributed by atoms with Crippen LogP contribution in [0, 0.1) is 22.9 Å². The minimum atomic E-state index is -0.642. The summed E-state index contributed by atoms with van der Waals surface area (Å²) in [6.45, 7) is 2.24. The molecule has 2 aromatic carbocycles. The molecule has 2 N–H and O–H groups in total. The van der Waals surface area contributed by atoms with Crippen molar-refractivity contribution in [1.82, 2.24) is 9.97 Å². The fourth-order valence-electron chi connectivity index (χ4n) is 2.29. The lowest BCUT2D eigenvalue weighted by Crippen LogP contribution is -2.04. The number of hydrogen-bond donors (Lipinski definition) is 2. The van der Waals surface area contributed by atoms with Gasteiger partial charge in [-0.05, 0) is 30.7 Å². The van der Waals surface area contributed by atoms with Gasteiger partial charge in [0.1, 0.15) is 17.3 Å². The van der Waals surface area contributed by atoms with Crippen molar-refractivity contribution in [2.75, 3.05) is 5.32 Å². The second-order valence-corrected chi connectivity index (χ2v) is 4.93. The van der Waals surface area contributed by atoms with Gasteiger partial charge in [-0.25, -0.2) is 9.37 Å². The van der Waals surface area contributed by atoms with Gasteiger partial charge >= 0.3 is 0 Å². The van der Waals surface area contributed by atoms with Gasteiger partial charge in [-0.15, -0.1) is 0 Å². The van der Waals surface area contributed by atoms with Crippen LogP contribution in [-0.4, -0.2) is 14.9 Å². The number of aryl methyl sites for hydroxylation is 1. The van der Waals surface area contributed by atoms with Crippen LogP contribution >= 0.6 is 0 Å². The first kappa shape index (κ1) is 14.0. The van der Waals surface area contributed by atoms with E-state index in [0.717, 1.165) is 22.7 Å². The molecule has 1 aromatic heterocycles. The first-order valence-electron chi connectivity index (χ1n) is 6.66. The zero-order chi connectivity index (χ0) is 15.7. The zero-order valence-corrected chi connectivity index (χ0v) is 11.8. The van der Waals surface area contributed by atoms with Crippen LogP contribution in [0.2, 0.25) is 0 Å². The van der Waals surface area contributed by atoms with Crippen molar-refractivity contribution in [2.45, 2.75) is 13.5 Å². The number of hydrogen-bond acceptors (Lipinski definition) is 4. The number of aromatic nitrogens is 2. The van der Waals surface area contributed by atoms with E-state index in [4.69, 9.17) is 0 Å². The third-order valence-electron chi connectivity index (χ3n) is 3.37. The number of aromatic amines is 1. The molecule has 0 spiro atoms. The maximum Gasteiger partial charge on any atom is 0.295 e. The molecule has 0 saturated heterocycles. The Labute approximate surface area is 125 Å². The summed E-state index contributed by atoms with van der Waals surface area (Å²) in [4.78, 5) is 17.9. The van der Waals surface area contributed by atoms with E-state index >= 15 is 0 Å². The lowest BCUT2D eigenvalue weighted by Gasteiger charge is -2.05. The Morgan fingerprint density at radius 2 is 2.18 bits per heavy atom. The molecule has 3 aromatic rings. The zero-order valence-electron chi connectivity index (χ0n) is 11.8. The largest absolute Gasteiger partial charge is 0.372 e. The molecule has 0 unspecified atom stereocenters. The van der Waals surface area contributed by atoms with E-state index in [9.17, 15) is 14.5 Å². The van der Waals surface area contributed by atoms with Gasteiger partial charge < -0.3 is 10.3 Å². The van der Waals surface area contributed by atoms with Gasteiger partial charge in [0, 0.05) is 0 Å². The van der Waals surface area contributed by atoms with E-state index in [1.54, 1.807) is 0 Å². The van der Waals surface area contributed by atoms with E-state index in [2.05, 4.69) is 15.3 Å². The van der Waals surface area contributed by atoms with Crippen LogP contribution in [0.1, 0.15) is 11.4 Å². The summed E-state index contributed by atoms with van der Waals surface area (Å²) in [5.74, 6) is 0.0135. The average Bonchev–Trinajstić information content (AvgIpc) is 2.90. The fraction of sp³-hybridized carbons (Fsp3) is 0.133. The molecule has 0 fully saturated rings. The van der Waals surface area contributed by atoms with E-state index in [1.807, 2.05) is 25.1 Å². The molecule has 0 aliphatic carbocycles. The molecular formula is C15H13FN4O2. The van der Waals surface area contributed by atoms with Crippen molar-refractivity contribution in [1.29, 1.82) is 0 Å². The number of benzene rings is 2. The first-order valence-corrected chi connectivity index (χ1v) is 6.66. The second kappa shape index (κ2) is 5.44. The summed E-state index contributed by atoms with van der Waals surface area (Å²) in [5.41, 5.74) is 2.78. The van der Waals surface area contributed by atoms with Crippen LogP contribution in [0.3, 0.4) is 0 Å². The highest BCUT2D eigenvalue weighted by Gasteiger charge is 2.15. The summed E-state index contributed by atoms with van der Waals surface area (Å²) >= 11 is 0. The fourth-order valence-corrected chi connectivity index (χ4v) is 2.29. The average molecular weight is 300 g/mol. The molecule has 7 heteroatoms. The van der Waals surface area contributed by atoms with Crippen LogP contribution in [0.25, 0.3) is 11.0 Å². The summed E-state index contributed by atoms with van der Waals surface area (Å²) < 4.78 is 13.1. The molecule has 0 bridgehead atoms. The molecule has 1 heterocycles. The lowest BCUT2D eigenvalue weighted by molar-refractivity contribution is -0.384. The van der Waals surface area contributed by atoms with Crippen LogP contribution in [0.15, 0.2) is 36.4 Å². The Morgan fingerprint density at radius 3 is 2.91 bits per heavy atom. The SMILES string of the molecule is Cc1cccc2[nH]c(CNc3ccc(F)cc3[N+](=O)[O-])nc12. The predicted molar refractivity (Wildman–Crippen MR) is 81.2 cm³/mol. The molecule has 0 amide bonds. The van der Waals surface area contributed by atoms with Gasteiger partial charge in [-0.2, -0.15) is 0 Å². The van der Waals surface area contributed by atoms with E-state index in [0.29, 0.717) is 5.82 Å². The number of fused-ring (bicyclic) bond motifs is 1. The minimum Gasteiger partial charge on any atom is -0.372 e. The number of nitro benzene ring substituents is 1. The Bertz CT molecular complexity index is 860. The quantitative estimate of drug-likeness (QED) is 0.570. The third kappa shape index (κ3) is 2.60. The van der Waals surface area contributed by atoms with Crippen molar-refractivity contribution >= 4 is 22.4 Å². The van der Waals surface area contributed by atoms with Crippen LogP contribution in [0.5, 0.6) is 0 Å². The Kier molecular flexibility index (Phi) is 3.46. The maximum atomic E-state index is 13.1. The number of imidazole rings is 1. The van der Waals surface area contributed by atoms with Gasteiger partial charge in [-0.1, -0.05) is 12.1 Å². The number of halogens is 1. The van der Waals surface area contributed by atoms with Crippen LogP contribution in [-0.2, 0) is 6.54 Å². The molecule has 112 valence electrons. The van der Waals surface area contributed by atoms with E-state index in [1.165, 1.54) is 12.1 Å². The summed E-state index contributed by atoms with van der Waals surface area (Å²) in [5, 5.41) is 13.9. The summed E-state index contributed by atoms with van der Waals surface area (Å²) in [7, 11) is 0. The van der Waals surface area contributed by atoms with Gasteiger partial charge in [0.05, 0.1) is 28.6 Å². The van der Waals surface area contributed by atoms with Crippen LogP contribution < -0.4 is 5.32 Å². The van der Waals surface area contributed by atoms with Crippen molar-refractivity contribution in [3.05, 3.63) is 63.7 Å². The maximum absolute atomic E-state index is 13.1. The summed E-state index contributed by atoms with van der Waals surface area (Å²) in [6.07, 6.45) is 0. The second-order valence-electron chi connectivity index (χ2n) is 4.93. The van der Waals surface area contributed by atoms with Gasteiger partial charge in [0.2, 0.25) is 0 Å². The molecule has 3 rings (SSSR count). The highest BCUT2D eigenvalue weighted by atomic mass is 19.1. The Morgan fingerprint density at radius 1 is 1.36 bits per heavy atom. The van der Waals surface area contributed by atoms with Crippen molar-refractivity contribution in [3.8, 4) is 0 Å². The molecule has 0 saturated carbocycles. The molecule has 0 atom stereocenters. The highest BCUT2D eigenvalue weighted by Crippen LogP contribution is 2.25. The molecule has 6 nitrogen and oxygen atoms in total. The van der Waals surface area contributed by atoms with Crippen molar-refractivity contribution in [2.24, 2.45) is 0 Å². The number of rotatable bonds is 4. The van der Waals surface area contributed by atoms with Crippen molar-refractivity contribution < 1.29 is 9.31 Å². The Hall–Kier alpha value is -2.96. The number of H-pyrrole nitrogens is 1. The molecule has 22 heavy (non-hydrogen) atoms. The van der Waals surface area contributed by atoms with Gasteiger partial charge in [0.15, 0.2) is 0 Å². The predicted octanol–water partition coefficient (Wildman–Crippen LogP) is 3.53. The number of para-hydroxylation sites is 1. The van der Waals surface area contributed by atoms with Crippen molar-refractivity contribution in [3.63, 3.8) is 0 Å². The number of nitrogens with zero attached hydrogens (tertiary/aromatic N) is 2. The molecular weight excluding hydrogens is 287 g/mol. The normalized spacial score (nSPS) is 10.8.